The molecule has 21 heavy (non-hydrogen) atoms. The number of carbonyl (C=O) groups is 2. The quantitative estimate of drug-likeness (QED) is 0.756. The van der Waals surface area contributed by atoms with Gasteiger partial charge in [-0.05, 0) is 52.4 Å². The van der Waals surface area contributed by atoms with Gasteiger partial charge in [0.25, 0.3) is 5.91 Å². The molecule has 0 aliphatic carbocycles. The summed E-state index contributed by atoms with van der Waals surface area (Å²) in [6, 6.07) is 4.92. The third-order valence-electron chi connectivity index (χ3n) is 3.00. The summed E-state index contributed by atoms with van der Waals surface area (Å²) in [7, 11) is 0. The largest absolute Gasteiger partial charge is 0.481 e. The molecule has 1 amide bonds. The number of carboxylic acids is 1. The molecule has 1 rings (SSSR count). The van der Waals surface area contributed by atoms with E-state index in [1.807, 2.05) is 13.8 Å². The molecule has 0 fully saturated rings. The number of benzene rings is 1. The van der Waals surface area contributed by atoms with Crippen LogP contribution in [0, 0.1) is 11.8 Å². The Morgan fingerprint density at radius 1 is 1.38 bits per heavy atom. The molecule has 1 aromatic rings. The second-order valence-electron chi connectivity index (χ2n) is 5.43. The molecule has 4 nitrogen and oxygen atoms in total. The second kappa shape index (κ2) is 8.39. The van der Waals surface area contributed by atoms with E-state index in [0.717, 1.165) is 6.42 Å². The average Bonchev–Trinajstić information content (AvgIpc) is 2.37. The fourth-order valence-electron chi connectivity index (χ4n) is 2.13. The predicted octanol–water partition coefficient (Wildman–Crippen LogP) is 3.97. The highest BCUT2D eigenvalue weighted by molar-refractivity contribution is 9.10. The van der Waals surface area contributed by atoms with E-state index < -0.39 is 5.97 Å². The first-order valence-electron chi connectivity index (χ1n) is 6.74. The van der Waals surface area contributed by atoms with E-state index in [9.17, 15) is 9.59 Å². The summed E-state index contributed by atoms with van der Waals surface area (Å²) in [4.78, 5) is 22.9. The SMILES string of the molecule is CC(C)C[C@H](CNC(=O)c1ccc(Cl)c(Br)c1)CC(=O)O. The van der Waals surface area contributed by atoms with Gasteiger partial charge in [-0.3, -0.25) is 9.59 Å². The van der Waals surface area contributed by atoms with Crippen molar-refractivity contribution in [3.05, 3.63) is 33.3 Å². The topological polar surface area (TPSA) is 66.4 Å². The lowest BCUT2D eigenvalue weighted by atomic mass is 9.94. The van der Waals surface area contributed by atoms with Gasteiger partial charge in [-0.15, -0.1) is 0 Å². The van der Waals surface area contributed by atoms with E-state index in [0.29, 0.717) is 27.5 Å². The van der Waals surface area contributed by atoms with Crippen molar-refractivity contribution < 1.29 is 14.7 Å². The van der Waals surface area contributed by atoms with Gasteiger partial charge in [-0.25, -0.2) is 0 Å². The van der Waals surface area contributed by atoms with E-state index in [1.54, 1.807) is 18.2 Å². The van der Waals surface area contributed by atoms with Gasteiger partial charge in [0.2, 0.25) is 0 Å². The maximum absolute atomic E-state index is 12.1. The minimum absolute atomic E-state index is 0.0583. The van der Waals surface area contributed by atoms with Gasteiger partial charge in [0.15, 0.2) is 0 Å². The van der Waals surface area contributed by atoms with E-state index in [-0.39, 0.29) is 18.2 Å². The minimum Gasteiger partial charge on any atom is -0.481 e. The number of hydrogen-bond acceptors (Lipinski definition) is 2. The normalized spacial score (nSPS) is 12.2. The lowest BCUT2D eigenvalue weighted by molar-refractivity contribution is -0.138. The molecule has 116 valence electrons. The number of aliphatic carboxylic acids is 1. The van der Waals surface area contributed by atoms with Crippen LogP contribution in [0.2, 0.25) is 5.02 Å². The summed E-state index contributed by atoms with van der Waals surface area (Å²) < 4.78 is 0.654. The first kappa shape index (κ1) is 18.0. The van der Waals surface area contributed by atoms with Gasteiger partial charge >= 0.3 is 5.97 Å². The molecule has 0 aliphatic rings. The van der Waals surface area contributed by atoms with E-state index in [2.05, 4.69) is 21.2 Å². The van der Waals surface area contributed by atoms with Gasteiger partial charge in [-0.2, -0.15) is 0 Å². The molecule has 0 radical (unpaired) electrons. The van der Waals surface area contributed by atoms with Crippen LogP contribution in [-0.2, 0) is 4.79 Å². The number of carboxylic acid groups (broad SMARTS) is 1. The number of hydrogen-bond donors (Lipinski definition) is 2. The van der Waals surface area contributed by atoms with Crippen molar-refractivity contribution in [2.75, 3.05) is 6.54 Å². The number of nitrogens with one attached hydrogen (secondary N) is 1. The summed E-state index contributed by atoms with van der Waals surface area (Å²) in [6.45, 7) is 4.42. The van der Waals surface area contributed by atoms with E-state index in [1.165, 1.54) is 0 Å². The lowest BCUT2D eigenvalue weighted by Crippen LogP contribution is -2.31. The van der Waals surface area contributed by atoms with Gasteiger partial charge in [-0.1, -0.05) is 25.4 Å². The molecule has 0 spiro atoms. The second-order valence-corrected chi connectivity index (χ2v) is 6.69. The van der Waals surface area contributed by atoms with Crippen molar-refractivity contribution in [1.29, 1.82) is 0 Å². The molecular weight excluding hydrogens is 358 g/mol. The molecule has 0 unspecified atom stereocenters. The Bertz CT molecular complexity index is 520. The van der Waals surface area contributed by atoms with Crippen molar-refractivity contribution in [2.24, 2.45) is 11.8 Å². The summed E-state index contributed by atoms with van der Waals surface area (Å²) in [6.07, 6.45) is 0.819. The van der Waals surface area contributed by atoms with Gasteiger partial charge < -0.3 is 10.4 Å². The molecule has 0 heterocycles. The standard InChI is InChI=1S/C15H19BrClNO3/c1-9(2)5-10(6-14(19)20)8-18-15(21)11-3-4-13(17)12(16)7-11/h3-4,7,9-10H,5-6,8H2,1-2H3,(H,18,21)(H,19,20)/t10-/m0/s1. The Morgan fingerprint density at radius 2 is 2.05 bits per heavy atom. The fraction of sp³-hybridized carbons (Fsp3) is 0.467. The first-order chi connectivity index (χ1) is 9.79. The van der Waals surface area contributed by atoms with Crippen LogP contribution in [0.3, 0.4) is 0 Å². The highest BCUT2D eigenvalue weighted by Crippen LogP contribution is 2.23. The van der Waals surface area contributed by atoms with Crippen molar-refractivity contribution in [3.8, 4) is 0 Å². The van der Waals surface area contributed by atoms with Gasteiger partial charge in [0, 0.05) is 23.0 Å². The average molecular weight is 377 g/mol. The van der Waals surface area contributed by atoms with Crippen LogP contribution in [0.15, 0.2) is 22.7 Å². The van der Waals surface area contributed by atoms with Crippen LogP contribution in [0.1, 0.15) is 37.0 Å². The number of halogens is 2. The highest BCUT2D eigenvalue weighted by atomic mass is 79.9. The van der Waals surface area contributed by atoms with Crippen molar-refractivity contribution >= 4 is 39.4 Å². The van der Waals surface area contributed by atoms with Crippen molar-refractivity contribution in [3.63, 3.8) is 0 Å². The monoisotopic (exact) mass is 375 g/mol. The highest BCUT2D eigenvalue weighted by Gasteiger charge is 2.17. The number of amides is 1. The van der Waals surface area contributed by atoms with Crippen LogP contribution < -0.4 is 5.32 Å². The molecule has 0 saturated carbocycles. The molecule has 0 bridgehead atoms. The van der Waals surface area contributed by atoms with Crippen LogP contribution in [-0.4, -0.2) is 23.5 Å². The van der Waals surface area contributed by atoms with Crippen LogP contribution in [0.4, 0.5) is 0 Å². The first-order valence-corrected chi connectivity index (χ1v) is 7.91. The predicted molar refractivity (Wildman–Crippen MR) is 86.7 cm³/mol. The summed E-state index contributed by atoms with van der Waals surface area (Å²) in [5.41, 5.74) is 0.491. The molecule has 0 saturated heterocycles. The zero-order chi connectivity index (χ0) is 16.0. The summed E-state index contributed by atoms with van der Waals surface area (Å²) >= 11 is 9.15. The molecule has 0 aliphatic heterocycles. The lowest BCUT2D eigenvalue weighted by Gasteiger charge is -2.17. The fourth-order valence-corrected chi connectivity index (χ4v) is 2.63. The van der Waals surface area contributed by atoms with E-state index >= 15 is 0 Å². The Balaban J connectivity index is 2.63. The third kappa shape index (κ3) is 6.48. The molecule has 0 aromatic heterocycles. The maximum Gasteiger partial charge on any atom is 0.303 e. The number of rotatable bonds is 7. The molecular formula is C15H19BrClNO3. The van der Waals surface area contributed by atoms with Crippen molar-refractivity contribution in [1.82, 2.24) is 5.32 Å². The van der Waals surface area contributed by atoms with E-state index in [4.69, 9.17) is 16.7 Å². The maximum atomic E-state index is 12.1. The van der Waals surface area contributed by atoms with Crippen molar-refractivity contribution in [2.45, 2.75) is 26.7 Å². The molecule has 1 atom stereocenters. The summed E-state index contributed by atoms with van der Waals surface area (Å²) in [5, 5.41) is 12.2. The van der Waals surface area contributed by atoms with Gasteiger partial charge in [0.05, 0.1) is 5.02 Å². The Hall–Kier alpha value is -1.07. The number of carbonyl (C=O) groups excluding carboxylic acids is 1. The Labute approximate surface area is 138 Å². The Kier molecular flexibility index (Phi) is 7.18. The molecule has 1 aromatic carbocycles. The summed E-state index contributed by atoms with van der Waals surface area (Å²) in [5.74, 6) is -0.756. The molecule has 6 heteroatoms. The third-order valence-corrected chi connectivity index (χ3v) is 4.22. The molecule has 2 N–H and O–H groups in total. The smallest absolute Gasteiger partial charge is 0.303 e. The zero-order valence-corrected chi connectivity index (χ0v) is 14.4. The zero-order valence-electron chi connectivity index (χ0n) is 12.0. The Morgan fingerprint density at radius 3 is 2.57 bits per heavy atom. The van der Waals surface area contributed by atoms with Crippen LogP contribution in [0.25, 0.3) is 0 Å². The van der Waals surface area contributed by atoms with Crippen LogP contribution in [0.5, 0.6) is 0 Å². The van der Waals surface area contributed by atoms with Gasteiger partial charge in [0.1, 0.15) is 0 Å². The minimum atomic E-state index is -0.843. The van der Waals surface area contributed by atoms with Crippen LogP contribution >= 0.6 is 27.5 Å².